The van der Waals surface area contributed by atoms with Crippen LogP contribution in [0.25, 0.3) is 0 Å². The average Bonchev–Trinajstić information content (AvgIpc) is 2.99. The maximum absolute atomic E-state index is 10.4. The van der Waals surface area contributed by atoms with Crippen molar-refractivity contribution in [1.29, 1.82) is 0 Å². The molecule has 2 aliphatic rings. The molecule has 0 aromatic rings. The minimum absolute atomic E-state index is 0.0267. The van der Waals surface area contributed by atoms with E-state index in [1.165, 1.54) is 5.92 Å². The van der Waals surface area contributed by atoms with Crippen molar-refractivity contribution >= 4 is 6.47 Å². The number of carbonyl (C=O) groups excluding carboxylic acids is 1. The van der Waals surface area contributed by atoms with Gasteiger partial charge in [-0.25, -0.2) is 0 Å². The molecule has 79 valence electrons. The zero-order valence-electron chi connectivity index (χ0n) is 8.61. The van der Waals surface area contributed by atoms with Gasteiger partial charge in [-0.1, -0.05) is 0 Å². The Morgan fingerprint density at radius 2 is 1.93 bits per heavy atom. The van der Waals surface area contributed by atoms with Crippen LogP contribution in [0.2, 0.25) is 0 Å². The van der Waals surface area contributed by atoms with Crippen LogP contribution in [0.5, 0.6) is 0 Å². The summed E-state index contributed by atoms with van der Waals surface area (Å²) in [6, 6.07) is 0. The molecule has 0 spiro atoms. The van der Waals surface area contributed by atoms with Crippen molar-refractivity contribution in [2.24, 2.45) is 0 Å². The fourth-order valence-electron chi connectivity index (χ4n) is 1.87. The number of ether oxygens (including phenoxy) is 1. The molecule has 1 radical (unpaired) electrons. The molecule has 1 heterocycles. The smallest absolute Gasteiger partial charge is 0.294 e. The molecule has 4 nitrogen and oxygen atoms in total. The molecule has 1 atom stereocenters. The highest BCUT2D eigenvalue weighted by molar-refractivity contribution is 5.38. The summed E-state index contributed by atoms with van der Waals surface area (Å²) in [4.78, 5) is 14.9. The quantitative estimate of drug-likeness (QED) is 0.598. The molecule has 1 unspecified atom stereocenters. The number of likely N-dealkylation sites (N-methyl/N-ethyl adjacent to an activating group) is 1. The second kappa shape index (κ2) is 4.28. The highest BCUT2D eigenvalue weighted by Crippen LogP contribution is 2.38. The molecular formula is C10H17N2O2. The first-order valence-electron chi connectivity index (χ1n) is 5.17. The van der Waals surface area contributed by atoms with Gasteiger partial charge in [-0.3, -0.25) is 9.69 Å². The highest BCUT2D eigenvalue weighted by Gasteiger charge is 2.38. The zero-order chi connectivity index (χ0) is 9.97. The molecule has 1 saturated carbocycles. The minimum Gasteiger partial charge on any atom is -0.448 e. The van der Waals surface area contributed by atoms with Gasteiger partial charge in [-0.15, -0.1) is 0 Å². The van der Waals surface area contributed by atoms with Crippen LogP contribution in [0.15, 0.2) is 0 Å². The van der Waals surface area contributed by atoms with E-state index in [1.54, 1.807) is 0 Å². The fraction of sp³-hybridized carbons (Fsp3) is 0.800. The summed E-state index contributed by atoms with van der Waals surface area (Å²) < 4.78 is 5.13. The van der Waals surface area contributed by atoms with Gasteiger partial charge in [0.2, 0.25) is 0 Å². The van der Waals surface area contributed by atoms with Crippen LogP contribution in [-0.2, 0) is 9.53 Å². The van der Waals surface area contributed by atoms with Gasteiger partial charge in [0.1, 0.15) is 0 Å². The summed E-state index contributed by atoms with van der Waals surface area (Å²) in [6.07, 6.45) is 2.23. The monoisotopic (exact) mass is 197 g/mol. The van der Waals surface area contributed by atoms with Crippen molar-refractivity contribution in [2.45, 2.75) is 19.1 Å². The van der Waals surface area contributed by atoms with E-state index in [2.05, 4.69) is 16.8 Å². The van der Waals surface area contributed by atoms with Crippen LogP contribution in [-0.4, -0.2) is 55.7 Å². The van der Waals surface area contributed by atoms with Crippen molar-refractivity contribution in [1.82, 2.24) is 9.80 Å². The van der Waals surface area contributed by atoms with Gasteiger partial charge in [0, 0.05) is 32.1 Å². The van der Waals surface area contributed by atoms with Crippen molar-refractivity contribution < 1.29 is 9.53 Å². The molecule has 0 aromatic heterocycles. The topological polar surface area (TPSA) is 32.8 Å². The molecule has 4 heteroatoms. The number of nitrogens with zero attached hydrogens (tertiary/aromatic N) is 2. The predicted molar refractivity (Wildman–Crippen MR) is 52.5 cm³/mol. The first kappa shape index (κ1) is 9.93. The van der Waals surface area contributed by atoms with Gasteiger partial charge in [-0.2, -0.15) is 0 Å². The Hall–Kier alpha value is -0.610. The minimum atomic E-state index is -0.0267. The molecule has 14 heavy (non-hydrogen) atoms. The molecule has 0 amide bonds. The van der Waals surface area contributed by atoms with Crippen molar-refractivity contribution in [3.63, 3.8) is 0 Å². The lowest BCUT2D eigenvalue weighted by Crippen LogP contribution is -2.50. The van der Waals surface area contributed by atoms with Crippen LogP contribution in [0, 0.1) is 5.92 Å². The van der Waals surface area contributed by atoms with Gasteiger partial charge < -0.3 is 9.64 Å². The molecule has 2 rings (SSSR count). The molecule has 2 fully saturated rings. The van der Waals surface area contributed by atoms with Gasteiger partial charge in [0.15, 0.2) is 6.23 Å². The Morgan fingerprint density at radius 1 is 1.29 bits per heavy atom. The maximum atomic E-state index is 10.4. The first-order chi connectivity index (χ1) is 6.81. The van der Waals surface area contributed by atoms with Crippen LogP contribution in [0.1, 0.15) is 12.8 Å². The molecular weight excluding hydrogens is 180 g/mol. The maximum Gasteiger partial charge on any atom is 0.294 e. The van der Waals surface area contributed by atoms with E-state index in [0.29, 0.717) is 6.47 Å². The van der Waals surface area contributed by atoms with Crippen LogP contribution >= 0.6 is 0 Å². The van der Waals surface area contributed by atoms with Crippen LogP contribution in [0.4, 0.5) is 0 Å². The Balaban J connectivity index is 1.86. The third-order valence-corrected chi connectivity index (χ3v) is 2.94. The number of piperazine rings is 1. The summed E-state index contributed by atoms with van der Waals surface area (Å²) in [7, 11) is 2.12. The standard InChI is InChI=1S/C10H17N2O2/c1-11-4-6-12(7-5-11)10(14-8-13)9-2-3-9/h8,10H,2-7H2,1H3. The van der Waals surface area contributed by atoms with Crippen molar-refractivity contribution in [2.75, 3.05) is 33.2 Å². The Bertz CT molecular complexity index is 198. The van der Waals surface area contributed by atoms with E-state index in [4.69, 9.17) is 4.74 Å². The normalized spacial score (nSPS) is 27.2. The van der Waals surface area contributed by atoms with E-state index in [1.807, 2.05) is 0 Å². The zero-order valence-corrected chi connectivity index (χ0v) is 8.61. The van der Waals surface area contributed by atoms with Gasteiger partial charge in [0.05, 0.1) is 0 Å². The number of hydrogen-bond donors (Lipinski definition) is 0. The Morgan fingerprint density at radius 3 is 2.43 bits per heavy atom. The lowest BCUT2D eigenvalue weighted by molar-refractivity contribution is -0.142. The first-order valence-corrected chi connectivity index (χ1v) is 5.17. The van der Waals surface area contributed by atoms with Gasteiger partial charge >= 0.3 is 0 Å². The summed E-state index contributed by atoms with van der Waals surface area (Å²) in [5, 5.41) is 0. The lowest BCUT2D eigenvalue weighted by atomic mass is 10.2. The van der Waals surface area contributed by atoms with Crippen molar-refractivity contribution in [3.05, 3.63) is 5.92 Å². The van der Waals surface area contributed by atoms with Crippen LogP contribution < -0.4 is 0 Å². The summed E-state index contributed by atoms with van der Waals surface area (Å²) >= 11 is 0. The molecule has 1 saturated heterocycles. The third kappa shape index (κ3) is 2.25. The molecule has 1 aliphatic carbocycles. The van der Waals surface area contributed by atoms with E-state index < -0.39 is 0 Å². The van der Waals surface area contributed by atoms with Crippen LogP contribution in [0.3, 0.4) is 0 Å². The highest BCUT2D eigenvalue weighted by atomic mass is 16.5. The lowest BCUT2D eigenvalue weighted by Gasteiger charge is -2.36. The Kier molecular flexibility index (Phi) is 3.03. The number of hydrogen-bond acceptors (Lipinski definition) is 4. The van der Waals surface area contributed by atoms with E-state index >= 15 is 0 Å². The third-order valence-electron chi connectivity index (χ3n) is 2.94. The molecule has 0 bridgehead atoms. The van der Waals surface area contributed by atoms with Gasteiger partial charge in [0.25, 0.3) is 6.47 Å². The van der Waals surface area contributed by atoms with E-state index in [-0.39, 0.29) is 6.23 Å². The molecule has 0 N–H and O–H groups in total. The molecule has 1 aliphatic heterocycles. The SMILES string of the molecule is CN1CCN(C(OC=O)[C]2CC2)CC1. The van der Waals surface area contributed by atoms with Crippen molar-refractivity contribution in [3.8, 4) is 0 Å². The Labute approximate surface area is 84.8 Å². The predicted octanol–water partition coefficient (Wildman–Crippen LogP) is 0.101. The summed E-state index contributed by atoms with van der Waals surface area (Å²) in [5.74, 6) is 1.38. The second-order valence-corrected chi connectivity index (χ2v) is 4.08. The average molecular weight is 197 g/mol. The largest absolute Gasteiger partial charge is 0.448 e. The van der Waals surface area contributed by atoms with E-state index in [9.17, 15) is 4.79 Å². The summed E-state index contributed by atoms with van der Waals surface area (Å²) in [6.45, 7) is 4.70. The molecule has 0 aromatic carbocycles. The summed E-state index contributed by atoms with van der Waals surface area (Å²) in [5.41, 5.74) is 0. The van der Waals surface area contributed by atoms with E-state index in [0.717, 1.165) is 39.0 Å². The number of rotatable bonds is 4. The fourth-order valence-corrected chi connectivity index (χ4v) is 1.87. The number of carbonyl (C=O) groups is 1. The second-order valence-electron chi connectivity index (χ2n) is 4.08. The van der Waals surface area contributed by atoms with Gasteiger partial charge in [-0.05, 0) is 19.9 Å².